The van der Waals surface area contributed by atoms with Gasteiger partial charge in [-0.3, -0.25) is 0 Å². The number of halogens is 1. The third-order valence-corrected chi connectivity index (χ3v) is 7.25. The normalized spacial score (nSPS) is 28.8. The summed E-state index contributed by atoms with van der Waals surface area (Å²) in [5.74, 6) is 1.85. The number of rotatable bonds is 7. The van der Waals surface area contributed by atoms with Gasteiger partial charge in [0.25, 0.3) is 0 Å². The number of hydrogen-bond acceptors (Lipinski definition) is 1. The Morgan fingerprint density at radius 2 is 1.52 bits per heavy atom. The fourth-order valence-corrected chi connectivity index (χ4v) is 5.56. The molecule has 0 bridgehead atoms. The summed E-state index contributed by atoms with van der Waals surface area (Å²) < 4.78 is 13.8. The predicted octanol–water partition coefficient (Wildman–Crippen LogP) is 6.87. The van der Waals surface area contributed by atoms with Crippen LogP contribution in [0.2, 0.25) is 0 Å². The molecule has 0 saturated heterocycles. The lowest BCUT2D eigenvalue weighted by Gasteiger charge is -2.38. The van der Waals surface area contributed by atoms with E-state index in [9.17, 15) is 9.18 Å². The van der Waals surface area contributed by atoms with E-state index in [0.717, 1.165) is 42.1 Å². The second kappa shape index (κ2) is 9.71. The van der Waals surface area contributed by atoms with Gasteiger partial charge in [-0.15, -0.1) is 0 Å². The van der Waals surface area contributed by atoms with E-state index < -0.39 is 11.8 Å². The zero-order chi connectivity index (χ0) is 19.2. The van der Waals surface area contributed by atoms with Gasteiger partial charge in [-0.1, -0.05) is 51.5 Å². The average molecular weight is 375 g/mol. The molecule has 3 heteroatoms. The Bertz CT molecular complexity index is 611. The molecule has 1 aromatic rings. The van der Waals surface area contributed by atoms with Gasteiger partial charge in [-0.05, 0) is 79.9 Å². The minimum atomic E-state index is -1.19. The van der Waals surface area contributed by atoms with E-state index in [0.29, 0.717) is 0 Å². The number of carbonyl (C=O) groups is 1. The smallest absolute Gasteiger partial charge is 0.338 e. The zero-order valence-electron chi connectivity index (χ0n) is 16.8. The third-order valence-electron chi connectivity index (χ3n) is 7.25. The van der Waals surface area contributed by atoms with Gasteiger partial charge < -0.3 is 5.11 Å². The van der Waals surface area contributed by atoms with Crippen molar-refractivity contribution in [2.24, 2.45) is 23.7 Å². The molecule has 0 radical (unpaired) electrons. The van der Waals surface area contributed by atoms with Crippen molar-refractivity contribution < 1.29 is 14.3 Å². The van der Waals surface area contributed by atoms with Crippen molar-refractivity contribution in [3.8, 4) is 0 Å². The van der Waals surface area contributed by atoms with E-state index >= 15 is 0 Å². The predicted molar refractivity (Wildman–Crippen MR) is 107 cm³/mol. The van der Waals surface area contributed by atoms with Crippen molar-refractivity contribution in [3.05, 3.63) is 35.1 Å². The minimum absolute atomic E-state index is 0.229. The lowest BCUT2D eigenvalue weighted by molar-refractivity contribution is 0.0692. The Morgan fingerprint density at radius 1 is 0.963 bits per heavy atom. The summed E-state index contributed by atoms with van der Waals surface area (Å²) >= 11 is 0. The first kappa shape index (κ1) is 20.4. The van der Waals surface area contributed by atoms with Crippen LogP contribution in [0, 0.1) is 29.5 Å². The van der Waals surface area contributed by atoms with Gasteiger partial charge in [0.1, 0.15) is 5.82 Å². The summed E-state index contributed by atoms with van der Waals surface area (Å²) in [5, 5.41) is 8.92. The number of aryl methyl sites for hydroxylation is 1. The quantitative estimate of drug-likeness (QED) is 0.565. The highest BCUT2D eigenvalue weighted by Crippen LogP contribution is 2.42. The lowest BCUT2D eigenvalue weighted by atomic mass is 9.68. The van der Waals surface area contributed by atoms with Gasteiger partial charge in [0.2, 0.25) is 0 Å². The van der Waals surface area contributed by atoms with Crippen molar-refractivity contribution in [1.82, 2.24) is 0 Å². The van der Waals surface area contributed by atoms with Gasteiger partial charge >= 0.3 is 5.97 Å². The number of hydrogen-bond donors (Lipinski definition) is 1. The van der Waals surface area contributed by atoms with Crippen LogP contribution in [0.1, 0.15) is 93.5 Å². The maximum atomic E-state index is 13.8. The number of carboxylic acid groups (broad SMARTS) is 1. The second-order valence-corrected chi connectivity index (χ2v) is 9.01. The standard InChI is InChI=1S/C24H35FO2/c1-2-3-17-6-11-20(12-7-17)21-13-8-18(9-14-21)4-5-19-10-15-22(24(26)27)23(25)16-19/h10,15-18,20-21H,2-9,11-14H2,1H3,(H,26,27)/t17-,18?,20-,21?. The first-order valence-electron chi connectivity index (χ1n) is 11.1. The molecule has 0 amide bonds. The summed E-state index contributed by atoms with van der Waals surface area (Å²) in [6.45, 7) is 2.31. The van der Waals surface area contributed by atoms with Crippen molar-refractivity contribution >= 4 is 5.97 Å². The number of benzene rings is 1. The molecular weight excluding hydrogens is 339 g/mol. The van der Waals surface area contributed by atoms with Crippen LogP contribution in [0.5, 0.6) is 0 Å². The van der Waals surface area contributed by atoms with Crippen LogP contribution in [0.3, 0.4) is 0 Å². The first-order valence-corrected chi connectivity index (χ1v) is 11.1. The molecular formula is C24H35FO2. The van der Waals surface area contributed by atoms with E-state index in [1.165, 1.54) is 76.3 Å². The largest absolute Gasteiger partial charge is 0.478 e. The van der Waals surface area contributed by atoms with Gasteiger partial charge in [0.15, 0.2) is 0 Å². The highest BCUT2D eigenvalue weighted by molar-refractivity contribution is 5.87. The third kappa shape index (κ3) is 5.56. The van der Waals surface area contributed by atoms with Crippen LogP contribution in [0.25, 0.3) is 0 Å². The molecule has 0 spiro atoms. The monoisotopic (exact) mass is 374 g/mol. The van der Waals surface area contributed by atoms with Crippen LogP contribution in [0.15, 0.2) is 18.2 Å². The maximum Gasteiger partial charge on any atom is 0.338 e. The second-order valence-electron chi connectivity index (χ2n) is 9.01. The van der Waals surface area contributed by atoms with E-state index in [-0.39, 0.29) is 5.56 Å². The summed E-state index contributed by atoms with van der Waals surface area (Å²) in [6, 6.07) is 4.58. The highest BCUT2D eigenvalue weighted by atomic mass is 19.1. The molecule has 2 nitrogen and oxygen atoms in total. The van der Waals surface area contributed by atoms with Crippen LogP contribution < -0.4 is 0 Å². The van der Waals surface area contributed by atoms with E-state index in [2.05, 4.69) is 6.92 Å². The summed E-state index contributed by atoms with van der Waals surface area (Å²) in [5.41, 5.74) is 0.696. The lowest BCUT2D eigenvalue weighted by Crippen LogP contribution is -2.26. The van der Waals surface area contributed by atoms with E-state index in [4.69, 9.17) is 5.11 Å². The first-order chi connectivity index (χ1) is 13.1. The SMILES string of the molecule is CCC[C@H]1CC[C@H](C2CCC(CCc3ccc(C(=O)O)c(F)c3)CC2)CC1. The van der Waals surface area contributed by atoms with Gasteiger partial charge in [0, 0.05) is 0 Å². The highest BCUT2D eigenvalue weighted by Gasteiger charge is 2.30. The van der Waals surface area contributed by atoms with Gasteiger partial charge in [-0.2, -0.15) is 0 Å². The Hall–Kier alpha value is -1.38. The van der Waals surface area contributed by atoms with E-state index in [1.807, 2.05) is 0 Å². The summed E-state index contributed by atoms with van der Waals surface area (Å²) in [6.07, 6.45) is 15.9. The maximum absolute atomic E-state index is 13.8. The molecule has 27 heavy (non-hydrogen) atoms. The molecule has 0 atom stereocenters. The van der Waals surface area contributed by atoms with Crippen molar-refractivity contribution in [2.75, 3.05) is 0 Å². The molecule has 3 rings (SSSR count). The summed E-state index contributed by atoms with van der Waals surface area (Å²) in [4.78, 5) is 10.9. The Morgan fingerprint density at radius 3 is 2.00 bits per heavy atom. The summed E-state index contributed by atoms with van der Waals surface area (Å²) in [7, 11) is 0. The molecule has 2 saturated carbocycles. The molecule has 1 N–H and O–H groups in total. The molecule has 150 valence electrons. The molecule has 0 aliphatic heterocycles. The average Bonchev–Trinajstić information content (AvgIpc) is 2.67. The van der Waals surface area contributed by atoms with Gasteiger partial charge in [0.05, 0.1) is 5.56 Å². The Labute approximate surface area is 163 Å². The fraction of sp³-hybridized carbons (Fsp3) is 0.708. The van der Waals surface area contributed by atoms with Crippen molar-refractivity contribution in [3.63, 3.8) is 0 Å². The van der Waals surface area contributed by atoms with Crippen LogP contribution >= 0.6 is 0 Å². The van der Waals surface area contributed by atoms with Crippen LogP contribution in [0.4, 0.5) is 4.39 Å². The topological polar surface area (TPSA) is 37.3 Å². The van der Waals surface area contributed by atoms with Crippen molar-refractivity contribution in [1.29, 1.82) is 0 Å². The number of carboxylic acids is 1. The van der Waals surface area contributed by atoms with Crippen LogP contribution in [-0.2, 0) is 6.42 Å². The number of aromatic carboxylic acids is 1. The minimum Gasteiger partial charge on any atom is -0.478 e. The molecule has 2 aliphatic carbocycles. The molecule has 0 aromatic heterocycles. The van der Waals surface area contributed by atoms with Crippen LogP contribution in [-0.4, -0.2) is 11.1 Å². The Balaban J connectivity index is 1.40. The van der Waals surface area contributed by atoms with E-state index in [1.54, 1.807) is 6.07 Å². The molecule has 1 aromatic carbocycles. The molecule has 0 unspecified atom stereocenters. The fourth-order valence-electron chi connectivity index (χ4n) is 5.56. The molecule has 2 aliphatic rings. The molecule has 0 heterocycles. The molecule has 2 fully saturated rings. The van der Waals surface area contributed by atoms with Crippen molar-refractivity contribution in [2.45, 2.75) is 84.0 Å². The van der Waals surface area contributed by atoms with Gasteiger partial charge in [-0.25, -0.2) is 9.18 Å². The Kier molecular flexibility index (Phi) is 7.32. The zero-order valence-corrected chi connectivity index (χ0v) is 16.8.